The first-order chi connectivity index (χ1) is 14.5. The van der Waals surface area contributed by atoms with Gasteiger partial charge in [0.15, 0.2) is 0 Å². The average molecular weight is 472 g/mol. The summed E-state index contributed by atoms with van der Waals surface area (Å²) in [4.78, 5) is 3.35. The van der Waals surface area contributed by atoms with E-state index in [1.54, 1.807) is 0 Å². The number of nitrogens with two attached hydrogens (primary N) is 2. The third-order valence-electron chi connectivity index (χ3n) is 5.73. The molecular formula is C20H30FN5O3S2. The van der Waals surface area contributed by atoms with E-state index in [1.807, 2.05) is 6.92 Å². The quantitative estimate of drug-likeness (QED) is 0.512. The van der Waals surface area contributed by atoms with Crippen LogP contribution in [0.3, 0.4) is 0 Å². The predicted octanol–water partition coefficient (Wildman–Crippen LogP) is 2.90. The van der Waals surface area contributed by atoms with Crippen LogP contribution in [0.1, 0.15) is 45.6 Å². The highest BCUT2D eigenvalue weighted by Crippen LogP contribution is 2.39. The lowest BCUT2D eigenvalue weighted by Gasteiger charge is -2.38. The first-order valence-electron chi connectivity index (χ1n) is 10.3. The Balaban J connectivity index is 1.82. The Morgan fingerprint density at radius 3 is 2.77 bits per heavy atom. The lowest BCUT2D eigenvalue weighted by molar-refractivity contribution is 0.0669. The number of hydrogen-bond donors (Lipinski definition) is 3. The summed E-state index contributed by atoms with van der Waals surface area (Å²) in [5.74, 6) is -0.441. The topological polar surface area (TPSA) is 133 Å². The van der Waals surface area contributed by atoms with E-state index in [0.717, 1.165) is 30.4 Å². The molecule has 0 aliphatic carbocycles. The van der Waals surface area contributed by atoms with Gasteiger partial charge in [-0.1, -0.05) is 13.8 Å². The molecule has 0 saturated carbocycles. The molecule has 0 saturated heterocycles. The Labute approximate surface area is 186 Å². The number of sulfonamides is 1. The van der Waals surface area contributed by atoms with E-state index in [1.165, 1.54) is 12.4 Å². The van der Waals surface area contributed by atoms with Gasteiger partial charge in [-0.25, -0.2) is 17.8 Å². The molecule has 1 aliphatic heterocycles. The van der Waals surface area contributed by atoms with E-state index in [9.17, 15) is 12.8 Å². The number of aromatic nitrogens is 2. The molecule has 0 spiro atoms. The second-order valence-electron chi connectivity index (χ2n) is 8.87. The number of rotatable bonds is 9. The third kappa shape index (κ3) is 5.71. The Hall–Kier alpha value is -1.82. The van der Waals surface area contributed by atoms with Crippen molar-refractivity contribution < 1.29 is 17.5 Å². The smallest absolute Gasteiger partial charge is 0.266 e. The normalized spacial score (nSPS) is 18.7. The van der Waals surface area contributed by atoms with Gasteiger partial charge in [0.2, 0.25) is 5.13 Å². The van der Waals surface area contributed by atoms with Crippen LogP contribution >= 0.6 is 11.5 Å². The zero-order chi connectivity index (χ0) is 22.8. The number of halogens is 1. The lowest BCUT2D eigenvalue weighted by atomic mass is 9.74. The highest BCUT2D eigenvalue weighted by atomic mass is 32.2. The number of benzene rings is 1. The van der Waals surface area contributed by atoms with E-state index in [4.69, 9.17) is 16.2 Å². The fraction of sp³-hybridized carbons (Fsp3) is 0.600. The summed E-state index contributed by atoms with van der Waals surface area (Å²) in [5, 5.41) is 0.0771. The monoisotopic (exact) mass is 471 g/mol. The maximum absolute atomic E-state index is 14.8. The van der Waals surface area contributed by atoms with Crippen molar-refractivity contribution in [3.63, 3.8) is 0 Å². The fourth-order valence-corrected chi connectivity index (χ4v) is 5.86. The van der Waals surface area contributed by atoms with Crippen molar-refractivity contribution in [3.05, 3.63) is 29.8 Å². The predicted molar refractivity (Wildman–Crippen MR) is 119 cm³/mol. The van der Waals surface area contributed by atoms with Crippen LogP contribution in [0.4, 0.5) is 9.52 Å². The minimum atomic E-state index is -4.13. The molecule has 172 valence electrons. The standard InChI is InChI=1S/C20H30FN5O3S2/c1-12(23)14(10-20(2,3)6-7-22)16-5-4-13-8-18(15(21)9-17(13)29-16)31(27,28)26-19-24-11-25-30-19/h8-9,11-12,14,16H,4-7,10,22-23H2,1-3H3,(H,24,25,26). The molecule has 2 heterocycles. The van der Waals surface area contributed by atoms with Crippen molar-refractivity contribution >= 4 is 26.7 Å². The number of nitrogens with zero attached hydrogens (tertiary/aromatic N) is 2. The van der Waals surface area contributed by atoms with Crippen molar-refractivity contribution in [3.8, 4) is 5.75 Å². The third-order valence-corrected chi connectivity index (χ3v) is 7.79. The first kappa shape index (κ1) is 23.8. The number of aryl methyl sites for hydroxylation is 1. The van der Waals surface area contributed by atoms with Gasteiger partial charge >= 0.3 is 0 Å². The molecular weight excluding hydrogens is 441 g/mol. The van der Waals surface area contributed by atoms with Gasteiger partial charge in [0.25, 0.3) is 10.0 Å². The number of ether oxygens (including phenoxy) is 1. The van der Waals surface area contributed by atoms with Crippen LogP contribution in [0, 0.1) is 17.2 Å². The molecule has 2 aromatic rings. The molecule has 0 fully saturated rings. The van der Waals surface area contributed by atoms with Gasteiger partial charge in [0.05, 0.1) is 0 Å². The summed E-state index contributed by atoms with van der Waals surface area (Å²) < 4.78 is 52.1. The second-order valence-corrected chi connectivity index (χ2v) is 11.3. The van der Waals surface area contributed by atoms with Crippen LogP contribution in [0.15, 0.2) is 23.4 Å². The van der Waals surface area contributed by atoms with Crippen LogP contribution in [0.25, 0.3) is 0 Å². The fourth-order valence-electron chi connectivity index (χ4n) is 4.08. The molecule has 3 atom stereocenters. The molecule has 8 nitrogen and oxygen atoms in total. The summed E-state index contributed by atoms with van der Waals surface area (Å²) in [6, 6.07) is 2.38. The second kappa shape index (κ2) is 9.35. The molecule has 1 aromatic carbocycles. The molecule has 11 heteroatoms. The largest absolute Gasteiger partial charge is 0.490 e. The highest BCUT2D eigenvalue weighted by molar-refractivity contribution is 7.93. The number of nitrogens with one attached hydrogen (secondary N) is 1. The molecule has 0 radical (unpaired) electrons. The number of fused-ring (bicyclic) bond motifs is 1. The van der Waals surface area contributed by atoms with E-state index in [2.05, 4.69) is 27.9 Å². The number of anilines is 1. The van der Waals surface area contributed by atoms with E-state index in [-0.39, 0.29) is 28.6 Å². The summed E-state index contributed by atoms with van der Waals surface area (Å²) in [7, 11) is -4.13. The van der Waals surface area contributed by atoms with Crippen LogP contribution < -0.4 is 20.9 Å². The molecule has 1 aliphatic rings. The van der Waals surface area contributed by atoms with Crippen molar-refractivity contribution in [2.24, 2.45) is 22.8 Å². The maximum Gasteiger partial charge on any atom is 0.266 e. The van der Waals surface area contributed by atoms with Gasteiger partial charge in [-0.2, -0.15) is 4.37 Å². The lowest BCUT2D eigenvalue weighted by Crippen LogP contribution is -2.43. The van der Waals surface area contributed by atoms with Crippen LogP contribution in [0.2, 0.25) is 0 Å². The van der Waals surface area contributed by atoms with Gasteiger partial charge < -0.3 is 16.2 Å². The summed E-state index contributed by atoms with van der Waals surface area (Å²) >= 11 is 0.875. The average Bonchev–Trinajstić information content (AvgIpc) is 3.17. The summed E-state index contributed by atoms with van der Waals surface area (Å²) in [6.45, 7) is 6.87. The first-order valence-corrected chi connectivity index (χ1v) is 12.5. The van der Waals surface area contributed by atoms with Gasteiger partial charge in [-0.05, 0) is 56.2 Å². The Morgan fingerprint density at radius 1 is 1.42 bits per heavy atom. The maximum atomic E-state index is 14.8. The highest BCUT2D eigenvalue weighted by Gasteiger charge is 2.35. The SMILES string of the molecule is CC(N)C(CC(C)(C)CCN)C1CCc2cc(S(=O)(=O)Nc3ncns3)c(F)cc2O1. The van der Waals surface area contributed by atoms with Gasteiger partial charge in [-0.15, -0.1) is 0 Å². The zero-order valence-electron chi connectivity index (χ0n) is 18.0. The van der Waals surface area contributed by atoms with Crippen LogP contribution in [0.5, 0.6) is 5.75 Å². The van der Waals surface area contributed by atoms with Crippen molar-refractivity contribution in [1.29, 1.82) is 0 Å². The van der Waals surface area contributed by atoms with Crippen molar-refractivity contribution in [1.82, 2.24) is 9.36 Å². The van der Waals surface area contributed by atoms with Crippen molar-refractivity contribution in [2.45, 2.75) is 63.5 Å². The minimum Gasteiger partial charge on any atom is -0.490 e. The molecule has 0 amide bonds. The molecule has 5 N–H and O–H groups in total. The molecule has 31 heavy (non-hydrogen) atoms. The van der Waals surface area contributed by atoms with E-state index >= 15 is 0 Å². The molecule has 1 aromatic heterocycles. The Kier molecular flexibility index (Phi) is 7.19. The zero-order valence-corrected chi connectivity index (χ0v) is 19.6. The van der Waals surface area contributed by atoms with E-state index < -0.39 is 20.7 Å². The van der Waals surface area contributed by atoms with Crippen LogP contribution in [-0.4, -0.2) is 36.5 Å². The molecule has 3 unspecified atom stereocenters. The molecule has 3 rings (SSSR count). The van der Waals surface area contributed by atoms with Crippen molar-refractivity contribution in [2.75, 3.05) is 11.3 Å². The summed E-state index contributed by atoms with van der Waals surface area (Å²) in [5.41, 5.74) is 12.7. The van der Waals surface area contributed by atoms with E-state index in [0.29, 0.717) is 30.7 Å². The summed E-state index contributed by atoms with van der Waals surface area (Å²) in [6.07, 6.45) is 4.00. The van der Waals surface area contributed by atoms with Gasteiger partial charge in [-0.3, -0.25) is 4.72 Å². The van der Waals surface area contributed by atoms with Gasteiger partial charge in [0, 0.05) is 29.6 Å². The number of hydrogen-bond acceptors (Lipinski definition) is 8. The Morgan fingerprint density at radius 2 is 2.16 bits per heavy atom. The van der Waals surface area contributed by atoms with Gasteiger partial charge in [0.1, 0.15) is 28.9 Å². The van der Waals surface area contributed by atoms with Crippen LogP contribution in [-0.2, 0) is 16.4 Å². The minimum absolute atomic E-state index is 0.0101. The molecule has 0 bridgehead atoms. The Bertz CT molecular complexity index is 996.